The van der Waals surface area contributed by atoms with Gasteiger partial charge in [-0.3, -0.25) is 0 Å². The summed E-state index contributed by atoms with van der Waals surface area (Å²) >= 11 is 2.23. The zero-order valence-electron chi connectivity index (χ0n) is 10.4. The van der Waals surface area contributed by atoms with E-state index in [1.165, 1.54) is 6.07 Å². The molecule has 3 heteroatoms. The highest BCUT2D eigenvalue weighted by molar-refractivity contribution is 14.1. The van der Waals surface area contributed by atoms with E-state index >= 15 is 0 Å². The molecule has 94 valence electrons. The minimum atomic E-state index is -0.418. The predicted molar refractivity (Wildman–Crippen MR) is 81.1 cm³/mol. The smallest absolute Gasteiger partial charge is 0.128 e. The van der Waals surface area contributed by atoms with E-state index in [2.05, 4.69) is 22.6 Å². The maximum Gasteiger partial charge on any atom is 0.128 e. The summed E-state index contributed by atoms with van der Waals surface area (Å²) in [6, 6.07) is 10.9. The van der Waals surface area contributed by atoms with Crippen molar-refractivity contribution < 1.29 is 4.39 Å². The molecule has 2 aromatic rings. The first kappa shape index (κ1) is 13.5. The molecule has 18 heavy (non-hydrogen) atoms. The molecule has 0 amide bonds. The van der Waals surface area contributed by atoms with Gasteiger partial charge < -0.3 is 5.73 Å². The van der Waals surface area contributed by atoms with E-state index in [4.69, 9.17) is 5.73 Å². The van der Waals surface area contributed by atoms with Crippen LogP contribution < -0.4 is 5.73 Å². The number of aryl methyl sites for hydroxylation is 2. The van der Waals surface area contributed by atoms with E-state index < -0.39 is 6.04 Å². The molecule has 1 nitrogen and oxygen atoms in total. The van der Waals surface area contributed by atoms with Gasteiger partial charge in [0.2, 0.25) is 0 Å². The molecule has 0 saturated heterocycles. The summed E-state index contributed by atoms with van der Waals surface area (Å²) in [7, 11) is 0. The molecule has 2 aromatic carbocycles. The first-order valence-electron chi connectivity index (χ1n) is 5.77. The Kier molecular flexibility index (Phi) is 4.02. The monoisotopic (exact) mass is 355 g/mol. The van der Waals surface area contributed by atoms with Crippen LogP contribution in [0.1, 0.15) is 28.3 Å². The third kappa shape index (κ3) is 2.57. The van der Waals surface area contributed by atoms with Crippen molar-refractivity contribution in [2.75, 3.05) is 0 Å². The highest BCUT2D eigenvalue weighted by Crippen LogP contribution is 2.28. The highest BCUT2D eigenvalue weighted by atomic mass is 127. The quantitative estimate of drug-likeness (QED) is 0.807. The lowest BCUT2D eigenvalue weighted by Crippen LogP contribution is -2.16. The van der Waals surface area contributed by atoms with E-state index in [-0.39, 0.29) is 5.82 Å². The number of rotatable bonds is 2. The van der Waals surface area contributed by atoms with Gasteiger partial charge in [0.15, 0.2) is 0 Å². The molecular weight excluding hydrogens is 340 g/mol. The van der Waals surface area contributed by atoms with Gasteiger partial charge >= 0.3 is 0 Å². The Bertz CT molecular complexity index is 557. The third-order valence-electron chi connectivity index (χ3n) is 3.03. The van der Waals surface area contributed by atoms with Crippen molar-refractivity contribution in [1.29, 1.82) is 0 Å². The summed E-state index contributed by atoms with van der Waals surface area (Å²) in [4.78, 5) is 0. The predicted octanol–water partition coefficient (Wildman–Crippen LogP) is 4.10. The van der Waals surface area contributed by atoms with E-state index in [0.717, 1.165) is 20.3 Å². The molecule has 0 spiro atoms. The largest absolute Gasteiger partial charge is 0.320 e. The van der Waals surface area contributed by atoms with Crippen LogP contribution >= 0.6 is 22.6 Å². The van der Waals surface area contributed by atoms with Crippen LogP contribution in [0.3, 0.4) is 0 Å². The van der Waals surface area contributed by atoms with Gasteiger partial charge in [0.05, 0.1) is 6.04 Å². The van der Waals surface area contributed by atoms with E-state index in [9.17, 15) is 4.39 Å². The summed E-state index contributed by atoms with van der Waals surface area (Å²) in [6.45, 7) is 3.79. The van der Waals surface area contributed by atoms with Crippen LogP contribution in [0.5, 0.6) is 0 Å². The van der Waals surface area contributed by atoms with Gasteiger partial charge in [-0.1, -0.05) is 24.3 Å². The van der Waals surface area contributed by atoms with Crippen LogP contribution in [0.4, 0.5) is 4.39 Å². The van der Waals surface area contributed by atoms with Crippen LogP contribution in [0.2, 0.25) is 0 Å². The minimum absolute atomic E-state index is 0.223. The second-order valence-electron chi connectivity index (χ2n) is 4.48. The van der Waals surface area contributed by atoms with Crippen LogP contribution in [-0.4, -0.2) is 0 Å². The van der Waals surface area contributed by atoms with Gasteiger partial charge in [-0.25, -0.2) is 4.39 Å². The molecule has 0 bridgehead atoms. The van der Waals surface area contributed by atoms with Crippen molar-refractivity contribution in [3.8, 4) is 0 Å². The second-order valence-corrected chi connectivity index (χ2v) is 5.64. The van der Waals surface area contributed by atoms with E-state index in [0.29, 0.717) is 5.56 Å². The summed E-state index contributed by atoms with van der Waals surface area (Å²) < 4.78 is 15.2. The third-order valence-corrected chi connectivity index (χ3v) is 4.01. The lowest BCUT2D eigenvalue weighted by Gasteiger charge is -2.18. The zero-order chi connectivity index (χ0) is 13.3. The minimum Gasteiger partial charge on any atom is -0.320 e. The Morgan fingerprint density at radius 1 is 1.17 bits per heavy atom. The summed E-state index contributed by atoms with van der Waals surface area (Å²) in [5, 5.41) is 0. The van der Waals surface area contributed by atoms with Crippen LogP contribution in [-0.2, 0) is 0 Å². The molecule has 0 aliphatic rings. The van der Waals surface area contributed by atoms with Gasteiger partial charge in [0, 0.05) is 9.13 Å². The fourth-order valence-electron chi connectivity index (χ4n) is 2.20. The van der Waals surface area contributed by atoms with Gasteiger partial charge in [-0.15, -0.1) is 0 Å². The van der Waals surface area contributed by atoms with E-state index in [1.54, 1.807) is 0 Å². The Labute approximate surface area is 120 Å². The first-order chi connectivity index (χ1) is 8.50. The van der Waals surface area contributed by atoms with Crippen LogP contribution in [0.15, 0.2) is 36.4 Å². The molecule has 0 aromatic heterocycles. The molecule has 0 fully saturated rings. The van der Waals surface area contributed by atoms with Crippen molar-refractivity contribution in [2.24, 2.45) is 5.73 Å². The standard InChI is InChI=1S/C15H15FIN/c1-9-7-10(2)14(12(16)8-9)15(18)11-5-3-4-6-13(11)17/h3-8,15H,18H2,1-2H3. The maximum atomic E-state index is 14.1. The molecule has 1 unspecified atom stereocenters. The fraction of sp³-hybridized carbons (Fsp3) is 0.200. The van der Waals surface area contributed by atoms with Crippen molar-refractivity contribution in [1.82, 2.24) is 0 Å². The number of halogens is 2. The summed E-state index contributed by atoms with van der Waals surface area (Å²) in [5.74, 6) is -0.223. The summed E-state index contributed by atoms with van der Waals surface area (Å²) in [6.07, 6.45) is 0. The lowest BCUT2D eigenvalue weighted by molar-refractivity contribution is 0.595. The average Bonchev–Trinajstić information content (AvgIpc) is 2.27. The van der Waals surface area contributed by atoms with Gasteiger partial charge in [-0.05, 0) is 65.3 Å². The van der Waals surface area contributed by atoms with Gasteiger partial charge in [0.1, 0.15) is 5.82 Å². The Morgan fingerprint density at radius 2 is 1.83 bits per heavy atom. The van der Waals surface area contributed by atoms with Crippen molar-refractivity contribution in [2.45, 2.75) is 19.9 Å². The number of hydrogen-bond donors (Lipinski definition) is 1. The van der Waals surface area contributed by atoms with Gasteiger partial charge in [-0.2, -0.15) is 0 Å². The number of nitrogens with two attached hydrogens (primary N) is 1. The Morgan fingerprint density at radius 3 is 2.44 bits per heavy atom. The Balaban J connectivity index is 2.53. The van der Waals surface area contributed by atoms with Crippen molar-refractivity contribution in [3.05, 3.63) is 68.0 Å². The van der Waals surface area contributed by atoms with Crippen molar-refractivity contribution in [3.63, 3.8) is 0 Å². The maximum absolute atomic E-state index is 14.1. The lowest BCUT2D eigenvalue weighted by atomic mass is 9.94. The highest BCUT2D eigenvalue weighted by Gasteiger charge is 2.18. The SMILES string of the molecule is Cc1cc(C)c(C(N)c2ccccc2I)c(F)c1. The molecule has 0 aliphatic heterocycles. The van der Waals surface area contributed by atoms with E-state index in [1.807, 2.05) is 44.2 Å². The molecule has 2 rings (SSSR count). The first-order valence-corrected chi connectivity index (χ1v) is 6.85. The topological polar surface area (TPSA) is 26.0 Å². The summed E-state index contributed by atoms with van der Waals surface area (Å²) in [5.41, 5.74) is 9.60. The van der Waals surface area contributed by atoms with Crippen molar-refractivity contribution >= 4 is 22.6 Å². The number of benzene rings is 2. The van der Waals surface area contributed by atoms with Crippen LogP contribution in [0, 0.1) is 23.2 Å². The molecule has 1 atom stereocenters. The molecular formula is C15H15FIN. The molecule has 0 aliphatic carbocycles. The normalized spacial score (nSPS) is 12.5. The molecule has 0 heterocycles. The number of hydrogen-bond acceptors (Lipinski definition) is 1. The average molecular weight is 355 g/mol. The Hall–Kier alpha value is -0.940. The molecule has 0 saturated carbocycles. The molecule has 0 radical (unpaired) electrons. The molecule has 2 N–H and O–H groups in total. The fourth-order valence-corrected chi connectivity index (χ4v) is 2.93. The van der Waals surface area contributed by atoms with Gasteiger partial charge in [0.25, 0.3) is 0 Å². The zero-order valence-corrected chi connectivity index (χ0v) is 12.5. The van der Waals surface area contributed by atoms with Crippen LogP contribution in [0.25, 0.3) is 0 Å². The second kappa shape index (κ2) is 5.36.